The van der Waals surface area contributed by atoms with Gasteiger partial charge in [-0.3, -0.25) is 0 Å². The van der Waals surface area contributed by atoms with Gasteiger partial charge in [-0.15, -0.1) is 12.6 Å². The fraction of sp³-hybridized carbons (Fsp3) is 0.174. The van der Waals surface area contributed by atoms with Crippen molar-refractivity contribution >= 4 is 18.6 Å². The second-order valence-electron chi connectivity index (χ2n) is 6.17. The van der Waals surface area contributed by atoms with E-state index in [9.17, 15) is 4.79 Å². The molecule has 0 atom stereocenters. The standard InChI is InChI=1S/C23H22O3S/c1-2-19-13-20(23(24)26-16-18-11-7-4-8-12-18)14-21(27)22(19)25-15-17-9-5-3-6-10-17/h3-14,27H,2,15-16H2,1H3. The van der Waals surface area contributed by atoms with Crippen LogP contribution in [0.1, 0.15) is 34.0 Å². The largest absolute Gasteiger partial charge is 0.487 e. The van der Waals surface area contributed by atoms with Crippen molar-refractivity contribution in [1.82, 2.24) is 0 Å². The van der Waals surface area contributed by atoms with Gasteiger partial charge in [-0.05, 0) is 35.2 Å². The van der Waals surface area contributed by atoms with Crippen molar-refractivity contribution in [3.8, 4) is 5.75 Å². The monoisotopic (exact) mass is 378 g/mol. The molecule has 0 aliphatic heterocycles. The van der Waals surface area contributed by atoms with E-state index in [1.165, 1.54) is 0 Å². The van der Waals surface area contributed by atoms with Crippen molar-refractivity contribution < 1.29 is 14.3 Å². The van der Waals surface area contributed by atoms with E-state index in [2.05, 4.69) is 12.6 Å². The third kappa shape index (κ3) is 5.14. The van der Waals surface area contributed by atoms with Gasteiger partial charge in [-0.2, -0.15) is 0 Å². The number of benzene rings is 3. The molecule has 3 rings (SSSR count). The van der Waals surface area contributed by atoms with Crippen LogP contribution in [-0.4, -0.2) is 5.97 Å². The molecule has 0 aromatic heterocycles. The van der Waals surface area contributed by atoms with E-state index >= 15 is 0 Å². The lowest BCUT2D eigenvalue weighted by Gasteiger charge is -2.15. The molecule has 0 aliphatic rings. The van der Waals surface area contributed by atoms with Crippen LogP contribution in [0.15, 0.2) is 77.7 Å². The number of hydrogen-bond acceptors (Lipinski definition) is 4. The van der Waals surface area contributed by atoms with E-state index in [-0.39, 0.29) is 12.6 Å². The van der Waals surface area contributed by atoms with Gasteiger partial charge in [0.15, 0.2) is 0 Å². The van der Waals surface area contributed by atoms with Crippen LogP contribution in [0.3, 0.4) is 0 Å². The van der Waals surface area contributed by atoms with Crippen molar-refractivity contribution in [2.45, 2.75) is 31.5 Å². The molecule has 0 heterocycles. The van der Waals surface area contributed by atoms with E-state index < -0.39 is 0 Å². The maximum Gasteiger partial charge on any atom is 0.338 e. The summed E-state index contributed by atoms with van der Waals surface area (Å²) in [4.78, 5) is 13.1. The number of hydrogen-bond donors (Lipinski definition) is 1. The van der Waals surface area contributed by atoms with Gasteiger partial charge < -0.3 is 9.47 Å². The van der Waals surface area contributed by atoms with Gasteiger partial charge >= 0.3 is 5.97 Å². The summed E-state index contributed by atoms with van der Waals surface area (Å²) in [6, 6.07) is 23.1. The lowest BCUT2D eigenvalue weighted by atomic mass is 10.1. The summed E-state index contributed by atoms with van der Waals surface area (Å²) in [5.74, 6) is 0.350. The van der Waals surface area contributed by atoms with Gasteiger partial charge in [0.1, 0.15) is 19.0 Å². The second kappa shape index (κ2) is 9.28. The Hall–Kier alpha value is -2.72. The van der Waals surface area contributed by atoms with Gasteiger partial charge in [-0.1, -0.05) is 67.6 Å². The van der Waals surface area contributed by atoms with Crippen molar-refractivity contribution in [2.75, 3.05) is 0 Å². The summed E-state index contributed by atoms with van der Waals surface area (Å²) in [5.41, 5.74) is 3.46. The fourth-order valence-corrected chi connectivity index (χ4v) is 3.10. The number of ether oxygens (including phenoxy) is 2. The van der Waals surface area contributed by atoms with Gasteiger partial charge in [0.05, 0.1) is 5.56 Å². The first-order valence-electron chi connectivity index (χ1n) is 8.91. The Morgan fingerprint density at radius 3 is 2.07 bits per heavy atom. The molecule has 0 aliphatic carbocycles. The zero-order valence-corrected chi connectivity index (χ0v) is 16.1. The third-order valence-electron chi connectivity index (χ3n) is 4.20. The van der Waals surface area contributed by atoms with Crippen LogP contribution in [0, 0.1) is 0 Å². The number of carbonyl (C=O) groups excluding carboxylic acids is 1. The Balaban J connectivity index is 1.71. The Morgan fingerprint density at radius 2 is 1.48 bits per heavy atom. The molecule has 0 N–H and O–H groups in total. The first kappa shape index (κ1) is 19.1. The summed E-state index contributed by atoms with van der Waals surface area (Å²) in [7, 11) is 0. The van der Waals surface area contributed by atoms with E-state index in [0.717, 1.165) is 23.1 Å². The normalized spacial score (nSPS) is 10.4. The van der Waals surface area contributed by atoms with Crippen LogP contribution in [0.5, 0.6) is 5.75 Å². The summed E-state index contributed by atoms with van der Waals surface area (Å²) in [6.07, 6.45) is 0.734. The third-order valence-corrected chi connectivity index (χ3v) is 4.53. The SMILES string of the molecule is CCc1cc(C(=O)OCc2ccccc2)cc(S)c1OCc1ccccc1. The summed E-state index contributed by atoms with van der Waals surface area (Å²) >= 11 is 4.54. The molecule has 3 nitrogen and oxygen atoms in total. The highest BCUT2D eigenvalue weighted by Gasteiger charge is 2.15. The second-order valence-corrected chi connectivity index (χ2v) is 6.65. The maximum atomic E-state index is 12.4. The average Bonchev–Trinajstić information content (AvgIpc) is 2.72. The quantitative estimate of drug-likeness (QED) is 0.437. The van der Waals surface area contributed by atoms with E-state index in [4.69, 9.17) is 9.47 Å². The molecule has 4 heteroatoms. The lowest BCUT2D eigenvalue weighted by molar-refractivity contribution is 0.0472. The molecule has 0 saturated heterocycles. The van der Waals surface area contributed by atoms with E-state index in [1.807, 2.05) is 73.7 Å². The van der Waals surface area contributed by atoms with E-state index in [1.54, 1.807) is 6.07 Å². The molecule has 27 heavy (non-hydrogen) atoms. The number of carbonyl (C=O) groups is 1. The number of aryl methyl sites for hydroxylation is 1. The zero-order chi connectivity index (χ0) is 19.1. The highest BCUT2D eigenvalue weighted by Crippen LogP contribution is 2.31. The van der Waals surface area contributed by atoms with Crippen molar-refractivity contribution in [3.05, 3.63) is 95.1 Å². The minimum absolute atomic E-state index is 0.245. The Kier molecular flexibility index (Phi) is 6.55. The average molecular weight is 378 g/mol. The maximum absolute atomic E-state index is 12.4. The van der Waals surface area contributed by atoms with Crippen LogP contribution < -0.4 is 4.74 Å². The molecule has 0 radical (unpaired) electrons. The summed E-state index contributed by atoms with van der Waals surface area (Å²) in [6.45, 7) is 2.73. The zero-order valence-electron chi connectivity index (χ0n) is 15.2. The molecular formula is C23H22O3S. The number of thiol groups is 1. The van der Waals surface area contributed by atoms with Gasteiger partial charge in [0.25, 0.3) is 0 Å². The molecule has 0 spiro atoms. The fourth-order valence-electron chi connectivity index (χ4n) is 2.76. The van der Waals surface area contributed by atoms with Gasteiger partial charge in [0, 0.05) is 4.90 Å². The van der Waals surface area contributed by atoms with Gasteiger partial charge in [0.2, 0.25) is 0 Å². The van der Waals surface area contributed by atoms with Crippen LogP contribution in [0.2, 0.25) is 0 Å². The van der Waals surface area contributed by atoms with E-state index in [0.29, 0.717) is 22.8 Å². The van der Waals surface area contributed by atoms with Crippen molar-refractivity contribution in [2.24, 2.45) is 0 Å². The Morgan fingerprint density at radius 1 is 0.889 bits per heavy atom. The molecule has 0 bridgehead atoms. The molecule has 0 unspecified atom stereocenters. The molecule has 3 aromatic carbocycles. The number of esters is 1. The topological polar surface area (TPSA) is 35.5 Å². The van der Waals surface area contributed by atoms with Crippen LogP contribution in [0.25, 0.3) is 0 Å². The van der Waals surface area contributed by atoms with Crippen LogP contribution in [0.4, 0.5) is 0 Å². The minimum Gasteiger partial charge on any atom is -0.487 e. The summed E-state index contributed by atoms with van der Waals surface area (Å²) in [5, 5.41) is 0. The molecule has 0 fully saturated rings. The van der Waals surface area contributed by atoms with Crippen molar-refractivity contribution in [3.63, 3.8) is 0 Å². The highest BCUT2D eigenvalue weighted by atomic mass is 32.1. The molecule has 0 saturated carbocycles. The molecule has 3 aromatic rings. The summed E-state index contributed by atoms with van der Waals surface area (Å²) < 4.78 is 11.4. The predicted octanol–water partition coefficient (Wildman–Crippen LogP) is 5.47. The predicted molar refractivity (Wildman–Crippen MR) is 109 cm³/mol. The van der Waals surface area contributed by atoms with Crippen molar-refractivity contribution in [1.29, 1.82) is 0 Å². The first-order chi connectivity index (χ1) is 13.2. The lowest BCUT2D eigenvalue weighted by Crippen LogP contribution is -2.07. The number of rotatable bonds is 7. The van der Waals surface area contributed by atoms with Crippen LogP contribution >= 0.6 is 12.6 Å². The minimum atomic E-state index is -0.363. The highest BCUT2D eigenvalue weighted by molar-refractivity contribution is 7.80. The molecular weight excluding hydrogens is 356 g/mol. The Bertz CT molecular complexity index is 892. The van der Waals surface area contributed by atoms with Gasteiger partial charge in [-0.25, -0.2) is 4.79 Å². The molecule has 0 amide bonds. The molecule has 138 valence electrons. The first-order valence-corrected chi connectivity index (χ1v) is 9.35. The van der Waals surface area contributed by atoms with Crippen LogP contribution in [-0.2, 0) is 24.4 Å². The Labute approximate surface area is 165 Å². The smallest absolute Gasteiger partial charge is 0.338 e.